The average Bonchev–Trinajstić information content (AvgIpc) is 2.77. The molecule has 0 fully saturated rings. The van der Waals surface area contributed by atoms with Crippen LogP contribution in [0.15, 0.2) is 60.9 Å². The number of aromatic nitrogens is 2. The van der Waals surface area contributed by atoms with E-state index in [0.717, 1.165) is 5.46 Å². The Labute approximate surface area is 189 Å². The van der Waals surface area contributed by atoms with Gasteiger partial charge in [-0.1, -0.05) is 23.1 Å². The van der Waals surface area contributed by atoms with E-state index in [1.54, 1.807) is 36.4 Å². The van der Waals surface area contributed by atoms with Crippen molar-refractivity contribution in [1.82, 2.24) is 9.97 Å². The molecular weight excluding hydrogens is 432 g/mol. The maximum atomic E-state index is 13.4. The lowest BCUT2D eigenvalue weighted by atomic mass is 9.95. The van der Waals surface area contributed by atoms with E-state index in [1.165, 1.54) is 18.5 Å². The second kappa shape index (κ2) is 9.11. The van der Waals surface area contributed by atoms with Crippen molar-refractivity contribution >= 4 is 64.6 Å². The van der Waals surface area contributed by atoms with Crippen molar-refractivity contribution in [3.8, 4) is 5.75 Å². The van der Waals surface area contributed by atoms with Gasteiger partial charge in [-0.3, -0.25) is 4.79 Å². The van der Waals surface area contributed by atoms with E-state index in [1.807, 2.05) is 13.9 Å². The molecule has 10 heteroatoms. The molecule has 1 amide bonds. The summed E-state index contributed by atoms with van der Waals surface area (Å²) in [5.74, 6) is 0.0925. The van der Waals surface area contributed by atoms with E-state index in [0.29, 0.717) is 39.5 Å². The van der Waals surface area contributed by atoms with E-state index >= 15 is 0 Å². The SMILES string of the molecule is Bc1ccc(NC(=O)COc2ccc3ncnc(Nc4ccc(F)c(Cl)c4)c3c2)c(N)c1. The second-order valence-corrected chi connectivity index (χ2v) is 7.49. The molecule has 1 heterocycles. The zero-order chi connectivity index (χ0) is 22.7. The van der Waals surface area contributed by atoms with Crippen LogP contribution in [-0.2, 0) is 4.79 Å². The zero-order valence-corrected chi connectivity index (χ0v) is 17.8. The van der Waals surface area contributed by atoms with Crippen LogP contribution in [-0.4, -0.2) is 30.3 Å². The van der Waals surface area contributed by atoms with Gasteiger partial charge in [-0.2, -0.15) is 0 Å². The number of carbonyl (C=O) groups is 1. The van der Waals surface area contributed by atoms with Crippen LogP contribution in [0.1, 0.15) is 0 Å². The van der Waals surface area contributed by atoms with Gasteiger partial charge in [0.2, 0.25) is 0 Å². The van der Waals surface area contributed by atoms with Crippen molar-refractivity contribution in [2.75, 3.05) is 23.0 Å². The highest BCUT2D eigenvalue weighted by atomic mass is 35.5. The topological polar surface area (TPSA) is 102 Å². The fraction of sp³-hybridized carbons (Fsp3) is 0.0455. The van der Waals surface area contributed by atoms with Crippen LogP contribution < -0.4 is 26.6 Å². The quantitative estimate of drug-likeness (QED) is 0.309. The van der Waals surface area contributed by atoms with Crippen LogP contribution in [0, 0.1) is 5.82 Å². The molecule has 0 saturated carbocycles. The molecule has 1 aromatic heterocycles. The van der Waals surface area contributed by atoms with E-state index in [4.69, 9.17) is 22.1 Å². The van der Waals surface area contributed by atoms with Crippen LogP contribution >= 0.6 is 11.6 Å². The Balaban J connectivity index is 1.49. The van der Waals surface area contributed by atoms with Gasteiger partial charge in [0.15, 0.2) is 6.61 Å². The first kappa shape index (κ1) is 21.4. The van der Waals surface area contributed by atoms with Crippen LogP contribution in [0.3, 0.4) is 0 Å². The number of nitrogens with zero attached hydrogens (tertiary/aromatic N) is 2. The first-order valence-electron chi connectivity index (χ1n) is 9.64. The summed E-state index contributed by atoms with van der Waals surface area (Å²) in [5, 5.41) is 6.49. The first-order valence-corrected chi connectivity index (χ1v) is 10.0. The molecule has 4 aromatic rings. The fourth-order valence-electron chi connectivity index (χ4n) is 3.07. The Morgan fingerprint density at radius 3 is 2.75 bits per heavy atom. The van der Waals surface area contributed by atoms with Gasteiger partial charge in [-0.05, 0) is 48.5 Å². The third-order valence-electron chi connectivity index (χ3n) is 4.64. The normalized spacial score (nSPS) is 10.7. The Kier molecular flexibility index (Phi) is 6.09. The number of amides is 1. The monoisotopic (exact) mass is 449 g/mol. The number of rotatable bonds is 6. The van der Waals surface area contributed by atoms with Gasteiger partial charge in [0.05, 0.1) is 21.9 Å². The summed E-state index contributed by atoms with van der Waals surface area (Å²) in [7, 11) is 1.92. The standard InChI is InChI=1S/C22H18BClFN5O2/c23-12-1-5-20(18(26)7-12)30-21(31)10-32-14-3-6-19-15(9-14)22(28-11-27-19)29-13-2-4-17(25)16(24)8-13/h1-9,11H,10,23,26H2,(H,30,31)(H,27,28,29). The van der Waals surface area contributed by atoms with Gasteiger partial charge in [0.1, 0.15) is 31.6 Å². The minimum atomic E-state index is -0.508. The Bertz CT molecular complexity index is 1320. The number of halogens is 2. The molecule has 0 atom stereocenters. The third kappa shape index (κ3) is 4.89. The predicted octanol–water partition coefficient (Wildman–Crippen LogP) is 3.02. The summed E-state index contributed by atoms with van der Waals surface area (Å²) in [6, 6.07) is 14.9. The summed E-state index contributed by atoms with van der Waals surface area (Å²) < 4.78 is 19.1. The molecule has 4 N–H and O–H groups in total. The molecule has 0 saturated heterocycles. The molecule has 0 unspecified atom stereocenters. The predicted molar refractivity (Wildman–Crippen MR) is 127 cm³/mol. The van der Waals surface area contributed by atoms with E-state index < -0.39 is 5.82 Å². The lowest BCUT2D eigenvalue weighted by Gasteiger charge is -2.12. The van der Waals surface area contributed by atoms with Crippen molar-refractivity contribution in [3.05, 3.63) is 71.8 Å². The van der Waals surface area contributed by atoms with E-state index in [2.05, 4.69) is 20.6 Å². The molecule has 0 aliphatic carbocycles. The first-order chi connectivity index (χ1) is 15.4. The summed E-state index contributed by atoms with van der Waals surface area (Å²) in [6.07, 6.45) is 1.41. The van der Waals surface area contributed by atoms with Crippen molar-refractivity contribution in [2.24, 2.45) is 0 Å². The fourth-order valence-corrected chi connectivity index (χ4v) is 3.25. The molecule has 7 nitrogen and oxygen atoms in total. The van der Waals surface area contributed by atoms with Crippen LogP contribution in [0.25, 0.3) is 10.9 Å². The van der Waals surface area contributed by atoms with Crippen LogP contribution in [0.4, 0.5) is 27.3 Å². The van der Waals surface area contributed by atoms with Gasteiger partial charge < -0.3 is 21.1 Å². The van der Waals surface area contributed by atoms with Crippen molar-refractivity contribution in [1.29, 1.82) is 0 Å². The molecule has 4 rings (SSSR count). The molecule has 160 valence electrons. The number of carbonyl (C=O) groups excluding carboxylic acids is 1. The number of nitrogen functional groups attached to an aromatic ring is 1. The average molecular weight is 450 g/mol. The number of hydrogen-bond donors (Lipinski definition) is 3. The lowest BCUT2D eigenvalue weighted by molar-refractivity contribution is -0.118. The number of anilines is 4. The minimum absolute atomic E-state index is 0.00221. The van der Waals surface area contributed by atoms with Crippen molar-refractivity contribution in [3.63, 3.8) is 0 Å². The minimum Gasteiger partial charge on any atom is -0.484 e. The van der Waals surface area contributed by atoms with Crippen LogP contribution in [0.2, 0.25) is 5.02 Å². The van der Waals surface area contributed by atoms with E-state index in [9.17, 15) is 9.18 Å². The smallest absolute Gasteiger partial charge is 0.262 e. The van der Waals surface area contributed by atoms with E-state index in [-0.39, 0.29) is 17.5 Å². The highest BCUT2D eigenvalue weighted by molar-refractivity contribution is 6.32. The van der Waals surface area contributed by atoms with Crippen molar-refractivity contribution < 1.29 is 13.9 Å². The number of ether oxygens (including phenoxy) is 1. The molecular formula is C22H18BClFN5O2. The Hall–Kier alpha value is -3.85. The second-order valence-electron chi connectivity index (χ2n) is 7.08. The molecule has 0 aliphatic heterocycles. The van der Waals surface area contributed by atoms with Gasteiger partial charge >= 0.3 is 0 Å². The number of hydrogen-bond acceptors (Lipinski definition) is 6. The van der Waals surface area contributed by atoms with Gasteiger partial charge in [0, 0.05) is 11.1 Å². The number of nitrogens with one attached hydrogen (secondary N) is 2. The van der Waals surface area contributed by atoms with Gasteiger partial charge in [-0.15, -0.1) is 0 Å². The summed E-state index contributed by atoms with van der Waals surface area (Å²) in [4.78, 5) is 20.8. The molecule has 0 bridgehead atoms. The summed E-state index contributed by atoms with van der Waals surface area (Å²) in [6.45, 7) is -0.206. The lowest BCUT2D eigenvalue weighted by Crippen LogP contribution is -2.21. The maximum absolute atomic E-state index is 13.4. The summed E-state index contributed by atoms with van der Waals surface area (Å²) >= 11 is 5.86. The molecule has 0 spiro atoms. The highest BCUT2D eigenvalue weighted by Gasteiger charge is 2.10. The summed E-state index contributed by atoms with van der Waals surface area (Å²) in [5.41, 5.74) is 9.18. The molecule has 3 aromatic carbocycles. The number of nitrogens with two attached hydrogens (primary N) is 1. The zero-order valence-electron chi connectivity index (χ0n) is 17.0. The van der Waals surface area contributed by atoms with Crippen molar-refractivity contribution in [2.45, 2.75) is 0 Å². The van der Waals surface area contributed by atoms with Crippen LogP contribution in [0.5, 0.6) is 5.75 Å². The molecule has 0 radical (unpaired) electrons. The molecule has 32 heavy (non-hydrogen) atoms. The maximum Gasteiger partial charge on any atom is 0.262 e. The highest BCUT2D eigenvalue weighted by Crippen LogP contribution is 2.28. The molecule has 0 aliphatic rings. The Morgan fingerprint density at radius 2 is 1.97 bits per heavy atom. The largest absolute Gasteiger partial charge is 0.484 e. The Morgan fingerprint density at radius 1 is 1.12 bits per heavy atom. The number of fused-ring (bicyclic) bond motifs is 1. The third-order valence-corrected chi connectivity index (χ3v) is 4.93. The van der Waals surface area contributed by atoms with Gasteiger partial charge in [-0.25, -0.2) is 14.4 Å². The van der Waals surface area contributed by atoms with Gasteiger partial charge in [0.25, 0.3) is 5.91 Å². The number of benzene rings is 3.